The van der Waals surface area contributed by atoms with Crippen molar-refractivity contribution < 1.29 is 9.90 Å². The van der Waals surface area contributed by atoms with Crippen molar-refractivity contribution in [2.75, 3.05) is 24.3 Å². The quantitative estimate of drug-likeness (QED) is 0.791. The highest BCUT2D eigenvalue weighted by molar-refractivity contribution is 6.03. The second-order valence-electron chi connectivity index (χ2n) is 6.01. The molecule has 5 heteroatoms. The van der Waals surface area contributed by atoms with E-state index < -0.39 is 0 Å². The van der Waals surface area contributed by atoms with Crippen LogP contribution in [-0.2, 0) is 4.79 Å². The molecule has 1 aliphatic carbocycles. The molecule has 1 aromatic rings. The number of fused-ring (bicyclic) bond motifs is 1. The number of anilines is 2. The lowest BCUT2D eigenvalue weighted by molar-refractivity contribution is -0.117. The molecule has 1 aromatic carbocycles. The van der Waals surface area contributed by atoms with E-state index in [1.165, 1.54) is 0 Å². The summed E-state index contributed by atoms with van der Waals surface area (Å²) in [7, 11) is 3.81. The second kappa shape index (κ2) is 5.66. The molecule has 21 heavy (non-hydrogen) atoms. The summed E-state index contributed by atoms with van der Waals surface area (Å²) in [6.45, 7) is 0. The monoisotopic (exact) mass is 289 g/mol. The number of aliphatic hydroxyl groups excluding tert-OH is 1. The Labute approximate surface area is 125 Å². The molecule has 3 rings (SSSR count). The highest BCUT2D eigenvalue weighted by atomic mass is 16.3. The van der Waals surface area contributed by atoms with Crippen molar-refractivity contribution in [1.29, 1.82) is 0 Å². The second-order valence-corrected chi connectivity index (χ2v) is 6.01. The minimum atomic E-state index is -0.267. The summed E-state index contributed by atoms with van der Waals surface area (Å²) in [6, 6.07) is 5.93. The Bertz CT molecular complexity index is 546. The number of benzene rings is 1. The third-order valence-corrected chi connectivity index (χ3v) is 4.76. The van der Waals surface area contributed by atoms with E-state index in [-0.39, 0.29) is 24.1 Å². The Morgan fingerprint density at radius 2 is 2.10 bits per heavy atom. The van der Waals surface area contributed by atoms with Gasteiger partial charge in [0.1, 0.15) is 6.04 Å². The Morgan fingerprint density at radius 1 is 1.33 bits per heavy atom. The molecular formula is C16H23N3O2. The summed E-state index contributed by atoms with van der Waals surface area (Å²) < 4.78 is 0. The zero-order chi connectivity index (χ0) is 15.0. The fraction of sp³-hybridized carbons (Fsp3) is 0.562. The molecule has 0 spiro atoms. The fourth-order valence-electron chi connectivity index (χ4n) is 3.49. The van der Waals surface area contributed by atoms with Crippen molar-refractivity contribution in [1.82, 2.24) is 5.32 Å². The SMILES string of the molecule is CNC1C(=O)Nc2cc(N(C)C3CCCCC3O)ccc21. The molecule has 3 N–H and O–H groups in total. The Kier molecular flexibility index (Phi) is 3.87. The molecule has 3 unspecified atom stereocenters. The molecule has 0 aromatic heterocycles. The topological polar surface area (TPSA) is 64.6 Å². The van der Waals surface area contributed by atoms with E-state index in [4.69, 9.17) is 0 Å². The molecule has 114 valence electrons. The van der Waals surface area contributed by atoms with Gasteiger partial charge in [0.2, 0.25) is 5.91 Å². The van der Waals surface area contributed by atoms with Crippen LogP contribution in [0.5, 0.6) is 0 Å². The lowest BCUT2D eigenvalue weighted by atomic mass is 9.91. The van der Waals surface area contributed by atoms with E-state index in [0.29, 0.717) is 0 Å². The lowest BCUT2D eigenvalue weighted by Crippen LogP contribution is -2.43. The zero-order valence-corrected chi connectivity index (χ0v) is 12.6. The number of rotatable bonds is 3. The van der Waals surface area contributed by atoms with E-state index in [9.17, 15) is 9.90 Å². The van der Waals surface area contributed by atoms with Crippen molar-refractivity contribution >= 4 is 17.3 Å². The molecule has 0 bridgehead atoms. The zero-order valence-electron chi connectivity index (χ0n) is 12.6. The van der Waals surface area contributed by atoms with Gasteiger partial charge in [-0.2, -0.15) is 0 Å². The van der Waals surface area contributed by atoms with Crippen LogP contribution in [0.2, 0.25) is 0 Å². The molecule has 5 nitrogen and oxygen atoms in total. The average molecular weight is 289 g/mol. The summed E-state index contributed by atoms with van der Waals surface area (Å²) in [5.74, 6) is -0.00926. The van der Waals surface area contributed by atoms with Crippen LogP contribution in [0.1, 0.15) is 37.3 Å². The van der Waals surface area contributed by atoms with Crippen molar-refractivity contribution in [3.8, 4) is 0 Å². The molecule has 2 aliphatic rings. The first-order valence-electron chi connectivity index (χ1n) is 7.65. The van der Waals surface area contributed by atoms with E-state index in [1.807, 2.05) is 25.2 Å². The highest BCUT2D eigenvalue weighted by Gasteiger charge is 2.31. The Hall–Kier alpha value is -1.59. The molecular weight excluding hydrogens is 266 g/mol. The molecule has 0 saturated heterocycles. The largest absolute Gasteiger partial charge is 0.391 e. The number of amides is 1. The number of nitrogens with one attached hydrogen (secondary N) is 2. The van der Waals surface area contributed by atoms with E-state index >= 15 is 0 Å². The maximum absolute atomic E-state index is 11.9. The first-order chi connectivity index (χ1) is 10.1. The van der Waals surface area contributed by atoms with Gasteiger partial charge in [0.15, 0.2) is 0 Å². The predicted octanol–water partition coefficient (Wildman–Crippen LogP) is 1.64. The van der Waals surface area contributed by atoms with Crippen LogP contribution >= 0.6 is 0 Å². The van der Waals surface area contributed by atoms with Gasteiger partial charge in [-0.05, 0) is 32.0 Å². The molecule has 1 heterocycles. The van der Waals surface area contributed by atoms with Gasteiger partial charge < -0.3 is 20.6 Å². The molecule has 1 aliphatic heterocycles. The number of aliphatic hydroxyl groups is 1. The number of carbonyl (C=O) groups excluding carboxylic acids is 1. The number of likely N-dealkylation sites (N-methyl/N-ethyl adjacent to an activating group) is 2. The Morgan fingerprint density at radius 3 is 2.81 bits per heavy atom. The summed E-state index contributed by atoms with van der Waals surface area (Å²) in [5.41, 5.74) is 2.90. The number of hydrogen-bond donors (Lipinski definition) is 3. The highest BCUT2D eigenvalue weighted by Crippen LogP contribution is 2.35. The Balaban J connectivity index is 1.84. The van der Waals surface area contributed by atoms with Gasteiger partial charge in [-0.3, -0.25) is 4.79 Å². The van der Waals surface area contributed by atoms with Crippen molar-refractivity contribution in [3.05, 3.63) is 23.8 Å². The number of hydrogen-bond acceptors (Lipinski definition) is 4. The smallest absolute Gasteiger partial charge is 0.246 e. The first kappa shape index (κ1) is 14.4. The van der Waals surface area contributed by atoms with Crippen LogP contribution in [0.25, 0.3) is 0 Å². The maximum atomic E-state index is 11.9. The third kappa shape index (κ3) is 2.51. The molecule has 1 saturated carbocycles. The van der Waals surface area contributed by atoms with Crippen LogP contribution in [0.4, 0.5) is 11.4 Å². The van der Waals surface area contributed by atoms with E-state index in [1.54, 1.807) is 7.05 Å². The minimum Gasteiger partial charge on any atom is -0.391 e. The van der Waals surface area contributed by atoms with Crippen molar-refractivity contribution in [3.63, 3.8) is 0 Å². The van der Waals surface area contributed by atoms with Crippen molar-refractivity contribution in [2.45, 2.75) is 43.9 Å². The maximum Gasteiger partial charge on any atom is 0.246 e. The molecule has 3 atom stereocenters. The fourth-order valence-corrected chi connectivity index (χ4v) is 3.49. The summed E-state index contributed by atoms with van der Waals surface area (Å²) in [6.07, 6.45) is 3.89. The summed E-state index contributed by atoms with van der Waals surface area (Å²) in [4.78, 5) is 14.0. The van der Waals surface area contributed by atoms with Crippen LogP contribution in [0, 0.1) is 0 Å². The van der Waals surface area contributed by atoms with Gasteiger partial charge >= 0.3 is 0 Å². The van der Waals surface area contributed by atoms with Gasteiger partial charge in [0.25, 0.3) is 0 Å². The molecule has 0 radical (unpaired) electrons. The average Bonchev–Trinajstić information content (AvgIpc) is 2.81. The minimum absolute atomic E-state index is 0.00926. The van der Waals surface area contributed by atoms with Gasteiger partial charge in [0, 0.05) is 24.0 Å². The van der Waals surface area contributed by atoms with Crippen LogP contribution in [0.15, 0.2) is 18.2 Å². The van der Waals surface area contributed by atoms with E-state index in [2.05, 4.69) is 15.5 Å². The van der Waals surface area contributed by atoms with Gasteiger partial charge in [0.05, 0.1) is 12.1 Å². The van der Waals surface area contributed by atoms with Crippen LogP contribution in [0.3, 0.4) is 0 Å². The van der Waals surface area contributed by atoms with Gasteiger partial charge in [-0.25, -0.2) is 0 Å². The normalized spacial score (nSPS) is 28.1. The van der Waals surface area contributed by atoms with Crippen LogP contribution in [-0.4, -0.2) is 37.3 Å². The number of nitrogens with zero attached hydrogens (tertiary/aromatic N) is 1. The number of carbonyl (C=O) groups is 1. The van der Waals surface area contributed by atoms with Gasteiger partial charge in [-0.15, -0.1) is 0 Å². The van der Waals surface area contributed by atoms with Crippen LogP contribution < -0.4 is 15.5 Å². The third-order valence-electron chi connectivity index (χ3n) is 4.76. The van der Waals surface area contributed by atoms with Crippen molar-refractivity contribution in [2.24, 2.45) is 0 Å². The van der Waals surface area contributed by atoms with Gasteiger partial charge in [-0.1, -0.05) is 18.9 Å². The predicted molar refractivity (Wildman–Crippen MR) is 83.5 cm³/mol. The summed E-state index contributed by atoms with van der Waals surface area (Å²) >= 11 is 0. The van der Waals surface area contributed by atoms with E-state index in [0.717, 1.165) is 42.6 Å². The molecule has 1 amide bonds. The molecule has 1 fully saturated rings. The first-order valence-corrected chi connectivity index (χ1v) is 7.65. The standard InChI is InChI=1S/C16H23N3O2/c1-17-15-11-8-7-10(9-12(11)18-16(15)21)19(2)13-5-3-4-6-14(13)20/h7-9,13-15,17,20H,3-6H2,1-2H3,(H,18,21). The summed E-state index contributed by atoms with van der Waals surface area (Å²) in [5, 5.41) is 16.1. The lowest BCUT2D eigenvalue weighted by Gasteiger charge is -2.36.